The van der Waals surface area contributed by atoms with Crippen molar-refractivity contribution in [2.24, 2.45) is 5.92 Å². The molecule has 0 aromatic heterocycles. The second-order valence-corrected chi connectivity index (χ2v) is 6.35. The van der Waals surface area contributed by atoms with Crippen LogP contribution in [-0.2, 0) is 9.53 Å². The van der Waals surface area contributed by atoms with Crippen molar-refractivity contribution in [3.8, 4) is 0 Å². The first-order valence-corrected chi connectivity index (χ1v) is 7.89. The Morgan fingerprint density at radius 2 is 2.10 bits per heavy atom. The highest BCUT2D eigenvalue weighted by Gasteiger charge is 2.22. The van der Waals surface area contributed by atoms with Crippen molar-refractivity contribution in [3.63, 3.8) is 0 Å². The molecule has 0 radical (unpaired) electrons. The Hall–Kier alpha value is -0.970. The van der Waals surface area contributed by atoms with Crippen LogP contribution in [0.1, 0.15) is 32.6 Å². The number of rotatable bonds is 4. The van der Waals surface area contributed by atoms with Crippen LogP contribution in [0.5, 0.6) is 0 Å². The van der Waals surface area contributed by atoms with E-state index in [0.717, 1.165) is 19.3 Å². The summed E-state index contributed by atoms with van der Waals surface area (Å²) in [6.07, 6.45) is 4.72. The largest absolute Gasteiger partial charge is 0.397 e. The normalized spacial score (nSPS) is 22.0. The number of nitrogens with one attached hydrogen (secondary N) is 1. The lowest BCUT2D eigenvalue weighted by Crippen LogP contribution is -2.30. The van der Waals surface area contributed by atoms with Crippen LogP contribution in [0, 0.1) is 5.92 Å². The van der Waals surface area contributed by atoms with E-state index in [4.69, 9.17) is 33.7 Å². The zero-order valence-electron chi connectivity index (χ0n) is 12.0. The Morgan fingerprint density at radius 3 is 2.76 bits per heavy atom. The summed E-state index contributed by atoms with van der Waals surface area (Å²) in [6, 6.07) is 3.09. The predicted molar refractivity (Wildman–Crippen MR) is 86.9 cm³/mol. The fourth-order valence-electron chi connectivity index (χ4n) is 2.61. The maximum absolute atomic E-state index is 12.0. The third kappa shape index (κ3) is 4.50. The summed E-state index contributed by atoms with van der Waals surface area (Å²) in [5.74, 6) is 0.236. The maximum atomic E-state index is 12.0. The van der Waals surface area contributed by atoms with Crippen LogP contribution >= 0.6 is 23.2 Å². The van der Waals surface area contributed by atoms with E-state index in [-0.39, 0.29) is 18.6 Å². The molecule has 4 nitrogen and oxygen atoms in total. The standard InChI is InChI=1S/C15H20Cl2N2O2/c1-9-4-2-3-5-13(9)21-8-14(20)19-15-11(17)6-10(16)7-12(15)18/h6-7,9,13H,2-5,8,18H2,1H3,(H,19,20). The monoisotopic (exact) mass is 330 g/mol. The van der Waals surface area contributed by atoms with Crippen molar-refractivity contribution in [3.05, 3.63) is 22.2 Å². The number of hydrogen-bond acceptors (Lipinski definition) is 3. The maximum Gasteiger partial charge on any atom is 0.250 e. The number of carbonyl (C=O) groups is 1. The van der Waals surface area contributed by atoms with Crippen LogP contribution in [0.2, 0.25) is 10.0 Å². The van der Waals surface area contributed by atoms with Gasteiger partial charge in [-0.25, -0.2) is 0 Å². The summed E-state index contributed by atoms with van der Waals surface area (Å²) < 4.78 is 5.71. The topological polar surface area (TPSA) is 64.3 Å². The van der Waals surface area contributed by atoms with Gasteiger partial charge < -0.3 is 15.8 Å². The molecule has 0 spiro atoms. The van der Waals surface area contributed by atoms with Crippen LogP contribution in [0.3, 0.4) is 0 Å². The zero-order valence-corrected chi connectivity index (χ0v) is 13.5. The van der Waals surface area contributed by atoms with Gasteiger partial charge in [-0.1, -0.05) is 43.0 Å². The van der Waals surface area contributed by atoms with Crippen molar-refractivity contribution in [1.29, 1.82) is 0 Å². The first-order valence-electron chi connectivity index (χ1n) is 7.13. The fraction of sp³-hybridized carbons (Fsp3) is 0.533. The Morgan fingerprint density at radius 1 is 1.38 bits per heavy atom. The quantitative estimate of drug-likeness (QED) is 0.816. The lowest BCUT2D eigenvalue weighted by Gasteiger charge is -2.28. The summed E-state index contributed by atoms with van der Waals surface area (Å²) in [5.41, 5.74) is 6.53. The number of hydrogen-bond donors (Lipinski definition) is 2. The van der Waals surface area contributed by atoms with E-state index in [0.29, 0.717) is 27.3 Å². The van der Waals surface area contributed by atoms with Gasteiger partial charge in [-0.3, -0.25) is 4.79 Å². The van der Waals surface area contributed by atoms with Crippen molar-refractivity contribution in [2.45, 2.75) is 38.7 Å². The highest BCUT2D eigenvalue weighted by Crippen LogP contribution is 2.32. The van der Waals surface area contributed by atoms with E-state index in [2.05, 4.69) is 12.2 Å². The molecule has 0 aliphatic heterocycles. The van der Waals surface area contributed by atoms with Crippen LogP contribution in [0.4, 0.5) is 11.4 Å². The number of anilines is 2. The first-order chi connectivity index (χ1) is 9.97. The van der Waals surface area contributed by atoms with E-state index in [9.17, 15) is 4.79 Å². The molecular formula is C15H20Cl2N2O2. The van der Waals surface area contributed by atoms with Crippen molar-refractivity contribution >= 4 is 40.5 Å². The number of halogens is 2. The van der Waals surface area contributed by atoms with E-state index < -0.39 is 0 Å². The fourth-order valence-corrected chi connectivity index (χ4v) is 3.17. The Kier molecular flexibility index (Phi) is 5.73. The first kappa shape index (κ1) is 16.4. The van der Waals surface area contributed by atoms with Gasteiger partial charge >= 0.3 is 0 Å². The van der Waals surface area contributed by atoms with Crippen molar-refractivity contribution in [2.75, 3.05) is 17.7 Å². The molecule has 1 fully saturated rings. The second kappa shape index (κ2) is 7.34. The molecule has 1 aliphatic carbocycles. The number of nitrogen functional groups attached to an aromatic ring is 1. The van der Waals surface area contributed by atoms with Gasteiger partial charge in [-0.2, -0.15) is 0 Å². The lowest BCUT2D eigenvalue weighted by atomic mass is 9.88. The van der Waals surface area contributed by atoms with Gasteiger partial charge in [0, 0.05) is 5.02 Å². The van der Waals surface area contributed by atoms with Gasteiger partial charge in [0.25, 0.3) is 0 Å². The second-order valence-electron chi connectivity index (χ2n) is 5.51. The SMILES string of the molecule is CC1CCCCC1OCC(=O)Nc1c(N)cc(Cl)cc1Cl. The number of ether oxygens (including phenoxy) is 1. The average Bonchev–Trinajstić information content (AvgIpc) is 2.42. The molecule has 116 valence electrons. The molecule has 21 heavy (non-hydrogen) atoms. The van der Waals surface area contributed by atoms with Gasteiger partial charge in [-0.15, -0.1) is 0 Å². The van der Waals surface area contributed by atoms with Crippen LogP contribution in [0.15, 0.2) is 12.1 Å². The molecule has 1 amide bonds. The number of carbonyl (C=O) groups excluding carboxylic acids is 1. The molecule has 1 aromatic carbocycles. The molecule has 2 unspecified atom stereocenters. The van der Waals surface area contributed by atoms with Gasteiger partial charge in [0.2, 0.25) is 5.91 Å². The number of amides is 1. The Bertz CT molecular complexity index is 499. The molecule has 2 rings (SSSR count). The summed E-state index contributed by atoms with van der Waals surface area (Å²) in [4.78, 5) is 12.0. The minimum Gasteiger partial charge on any atom is -0.397 e. The zero-order chi connectivity index (χ0) is 15.4. The number of benzene rings is 1. The molecule has 1 aromatic rings. The highest BCUT2D eigenvalue weighted by atomic mass is 35.5. The summed E-state index contributed by atoms with van der Waals surface area (Å²) >= 11 is 11.9. The molecule has 3 N–H and O–H groups in total. The van der Waals surface area contributed by atoms with Crippen molar-refractivity contribution < 1.29 is 9.53 Å². The number of nitrogens with two attached hydrogens (primary N) is 1. The van der Waals surface area contributed by atoms with E-state index in [1.54, 1.807) is 12.1 Å². The summed E-state index contributed by atoms with van der Waals surface area (Å²) in [6.45, 7) is 2.17. The summed E-state index contributed by atoms with van der Waals surface area (Å²) in [5, 5.41) is 3.43. The predicted octanol–water partition coefficient (Wildman–Crippen LogP) is 4.11. The highest BCUT2D eigenvalue weighted by molar-refractivity contribution is 6.37. The van der Waals surface area contributed by atoms with Crippen LogP contribution in [-0.4, -0.2) is 18.6 Å². The van der Waals surface area contributed by atoms with Gasteiger partial charge in [0.1, 0.15) is 6.61 Å². The average molecular weight is 331 g/mol. The molecule has 0 saturated heterocycles. The van der Waals surface area contributed by atoms with Crippen LogP contribution < -0.4 is 11.1 Å². The summed E-state index contributed by atoms with van der Waals surface area (Å²) in [7, 11) is 0. The molecule has 1 saturated carbocycles. The third-order valence-electron chi connectivity index (χ3n) is 3.81. The molecule has 0 bridgehead atoms. The Balaban J connectivity index is 1.90. The van der Waals surface area contributed by atoms with Crippen molar-refractivity contribution in [1.82, 2.24) is 0 Å². The van der Waals surface area contributed by atoms with Crippen LogP contribution in [0.25, 0.3) is 0 Å². The lowest BCUT2D eigenvalue weighted by molar-refractivity contribution is -0.124. The minimum absolute atomic E-state index is 0.00734. The minimum atomic E-state index is -0.260. The molecular weight excluding hydrogens is 311 g/mol. The third-order valence-corrected chi connectivity index (χ3v) is 4.33. The smallest absolute Gasteiger partial charge is 0.250 e. The molecule has 0 heterocycles. The molecule has 2 atom stereocenters. The van der Waals surface area contributed by atoms with Gasteiger partial charge in [0.15, 0.2) is 0 Å². The molecule has 1 aliphatic rings. The Labute approximate surface area is 134 Å². The van der Waals surface area contributed by atoms with E-state index in [1.807, 2.05) is 0 Å². The van der Waals surface area contributed by atoms with E-state index >= 15 is 0 Å². The van der Waals surface area contributed by atoms with Gasteiger partial charge in [0.05, 0.1) is 22.5 Å². The van der Waals surface area contributed by atoms with Gasteiger partial charge in [-0.05, 0) is 30.9 Å². The molecule has 6 heteroatoms. The van der Waals surface area contributed by atoms with E-state index in [1.165, 1.54) is 6.42 Å².